The summed E-state index contributed by atoms with van der Waals surface area (Å²) in [7, 11) is 1.35. The number of hydrogen-bond donors (Lipinski definition) is 2. The molecule has 18 heavy (non-hydrogen) atoms. The largest absolute Gasteiger partial charge is 0.494 e. The normalized spacial score (nSPS) is 10.6. The fourth-order valence-corrected chi connectivity index (χ4v) is 1.82. The number of anilines is 1. The Balaban J connectivity index is 2.71. The van der Waals surface area contributed by atoms with Crippen molar-refractivity contribution >= 4 is 22.7 Å². The van der Waals surface area contributed by atoms with Crippen molar-refractivity contribution in [1.29, 1.82) is 0 Å². The highest BCUT2D eigenvalue weighted by Crippen LogP contribution is 2.32. The van der Waals surface area contributed by atoms with Gasteiger partial charge in [0, 0.05) is 0 Å². The Bertz CT molecular complexity index is 607. The van der Waals surface area contributed by atoms with Crippen LogP contribution in [0.2, 0.25) is 0 Å². The molecule has 0 aliphatic carbocycles. The summed E-state index contributed by atoms with van der Waals surface area (Å²) in [4.78, 5) is 14.5. The number of fused-ring (bicyclic) bond motifs is 1. The molecule has 1 aromatic heterocycles. The molecule has 6 heteroatoms. The van der Waals surface area contributed by atoms with Gasteiger partial charge in [-0.15, -0.1) is 0 Å². The Labute approximate surface area is 103 Å². The molecule has 0 saturated heterocycles. The average Bonchev–Trinajstić information content (AvgIpc) is 2.67. The van der Waals surface area contributed by atoms with Crippen LogP contribution in [0.3, 0.4) is 0 Å². The van der Waals surface area contributed by atoms with E-state index < -0.39 is 11.8 Å². The summed E-state index contributed by atoms with van der Waals surface area (Å²) in [5.74, 6) is -1.16. The average molecular weight is 252 g/mol. The third-order valence-corrected chi connectivity index (χ3v) is 2.59. The topological polar surface area (TPSA) is 77.3 Å². The first-order valence-corrected chi connectivity index (χ1v) is 5.40. The predicted molar refractivity (Wildman–Crippen MR) is 65.2 cm³/mol. The molecule has 0 fully saturated rings. The maximum absolute atomic E-state index is 14.1. The number of aromatic amines is 1. The summed E-state index contributed by atoms with van der Waals surface area (Å²) in [6, 6.07) is 3.05. The number of aromatic nitrogens is 1. The first-order valence-electron chi connectivity index (χ1n) is 5.40. The van der Waals surface area contributed by atoms with Crippen molar-refractivity contribution < 1.29 is 18.7 Å². The Morgan fingerprint density at radius 3 is 2.83 bits per heavy atom. The molecule has 2 aromatic rings. The van der Waals surface area contributed by atoms with E-state index in [-0.39, 0.29) is 29.1 Å². The van der Waals surface area contributed by atoms with Gasteiger partial charge in [-0.1, -0.05) is 0 Å². The third-order valence-electron chi connectivity index (χ3n) is 2.59. The minimum atomic E-state index is -0.659. The fourth-order valence-electron chi connectivity index (χ4n) is 1.82. The van der Waals surface area contributed by atoms with Gasteiger partial charge in [0.1, 0.15) is 11.4 Å². The van der Waals surface area contributed by atoms with Gasteiger partial charge in [-0.3, -0.25) is 0 Å². The van der Waals surface area contributed by atoms with Crippen LogP contribution in [0.25, 0.3) is 10.9 Å². The number of H-pyrrole nitrogens is 1. The number of esters is 1. The zero-order valence-electron chi connectivity index (χ0n) is 10.0. The second-order valence-electron chi connectivity index (χ2n) is 3.64. The number of ether oxygens (including phenoxy) is 2. The fraction of sp³-hybridized carbons (Fsp3) is 0.250. The summed E-state index contributed by atoms with van der Waals surface area (Å²) >= 11 is 0. The molecule has 0 atom stereocenters. The van der Waals surface area contributed by atoms with Crippen LogP contribution in [0.15, 0.2) is 12.1 Å². The maximum atomic E-state index is 14.1. The van der Waals surface area contributed by atoms with E-state index in [0.29, 0.717) is 5.52 Å². The van der Waals surface area contributed by atoms with Crippen molar-refractivity contribution in [2.75, 3.05) is 19.5 Å². The number of nitrogen functional groups attached to an aromatic ring is 1. The van der Waals surface area contributed by atoms with E-state index in [0.717, 1.165) is 0 Å². The van der Waals surface area contributed by atoms with Crippen LogP contribution < -0.4 is 10.5 Å². The van der Waals surface area contributed by atoms with E-state index in [4.69, 9.17) is 15.2 Å². The number of rotatable bonds is 3. The summed E-state index contributed by atoms with van der Waals surface area (Å²) in [6.07, 6.45) is 0. The van der Waals surface area contributed by atoms with E-state index >= 15 is 0 Å². The molecule has 0 aliphatic rings. The number of hydrogen-bond acceptors (Lipinski definition) is 4. The zero-order chi connectivity index (χ0) is 13.3. The highest BCUT2D eigenvalue weighted by atomic mass is 19.1. The van der Waals surface area contributed by atoms with Crippen LogP contribution in [0, 0.1) is 5.82 Å². The standard InChI is InChI=1S/C12H13FN2O3/c1-3-18-12(16)9-8-6(15-11(9)14)4-5-7(17-2)10(8)13/h4-5,15H,3,14H2,1-2H3. The van der Waals surface area contributed by atoms with Gasteiger partial charge in [-0.25, -0.2) is 9.18 Å². The number of benzene rings is 1. The van der Waals surface area contributed by atoms with E-state index in [1.807, 2.05) is 0 Å². The number of carbonyl (C=O) groups excluding carboxylic acids is 1. The number of carbonyl (C=O) groups is 1. The van der Waals surface area contributed by atoms with Crippen LogP contribution in [-0.4, -0.2) is 24.7 Å². The molecule has 5 nitrogen and oxygen atoms in total. The quantitative estimate of drug-likeness (QED) is 0.820. The number of nitrogens with one attached hydrogen (secondary N) is 1. The molecule has 0 amide bonds. The van der Waals surface area contributed by atoms with Gasteiger partial charge < -0.3 is 20.2 Å². The molecule has 0 aliphatic heterocycles. The van der Waals surface area contributed by atoms with Crippen LogP contribution in [-0.2, 0) is 4.74 Å². The van der Waals surface area contributed by atoms with Crippen LogP contribution in [0.5, 0.6) is 5.75 Å². The van der Waals surface area contributed by atoms with Gasteiger partial charge in [-0.05, 0) is 19.1 Å². The molecule has 0 bridgehead atoms. The lowest BCUT2D eigenvalue weighted by molar-refractivity contribution is 0.0529. The summed E-state index contributed by atoms with van der Waals surface area (Å²) in [5.41, 5.74) is 6.11. The molecule has 1 aromatic carbocycles. The lowest BCUT2D eigenvalue weighted by atomic mass is 10.1. The SMILES string of the molecule is CCOC(=O)c1c(N)[nH]c2ccc(OC)c(F)c12. The molecular formula is C12H13FN2O3. The summed E-state index contributed by atoms with van der Waals surface area (Å²) in [5, 5.41) is 0.0882. The smallest absolute Gasteiger partial charge is 0.342 e. The Morgan fingerprint density at radius 2 is 2.22 bits per heavy atom. The Kier molecular flexibility index (Phi) is 3.10. The highest BCUT2D eigenvalue weighted by molar-refractivity contribution is 6.09. The Hall–Kier alpha value is -2.24. The number of halogens is 1. The molecule has 0 unspecified atom stereocenters. The predicted octanol–water partition coefficient (Wildman–Crippen LogP) is 2.07. The molecule has 0 spiro atoms. The lowest BCUT2D eigenvalue weighted by Crippen LogP contribution is -2.07. The van der Waals surface area contributed by atoms with Crippen molar-refractivity contribution in [3.8, 4) is 5.75 Å². The second-order valence-corrected chi connectivity index (χ2v) is 3.64. The first-order chi connectivity index (χ1) is 8.60. The minimum Gasteiger partial charge on any atom is -0.494 e. The van der Waals surface area contributed by atoms with Crippen LogP contribution >= 0.6 is 0 Å². The molecule has 0 radical (unpaired) electrons. The van der Waals surface area contributed by atoms with Gasteiger partial charge in [0.2, 0.25) is 0 Å². The van der Waals surface area contributed by atoms with E-state index in [1.165, 1.54) is 13.2 Å². The van der Waals surface area contributed by atoms with E-state index in [2.05, 4.69) is 4.98 Å². The van der Waals surface area contributed by atoms with Crippen LogP contribution in [0.4, 0.5) is 10.2 Å². The maximum Gasteiger partial charge on any atom is 0.342 e. The molecule has 96 valence electrons. The molecule has 2 rings (SSSR count). The number of nitrogens with two attached hydrogens (primary N) is 1. The van der Waals surface area contributed by atoms with Crippen molar-refractivity contribution in [2.24, 2.45) is 0 Å². The van der Waals surface area contributed by atoms with Crippen molar-refractivity contribution in [3.05, 3.63) is 23.5 Å². The molecule has 0 saturated carbocycles. The zero-order valence-corrected chi connectivity index (χ0v) is 10.0. The lowest BCUT2D eigenvalue weighted by Gasteiger charge is -2.04. The van der Waals surface area contributed by atoms with Gasteiger partial charge >= 0.3 is 5.97 Å². The Morgan fingerprint density at radius 1 is 1.50 bits per heavy atom. The molecular weight excluding hydrogens is 239 g/mol. The molecule has 3 N–H and O–H groups in total. The van der Waals surface area contributed by atoms with Gasteiger partial charge in [0.15, 0.2) is 11.6 Å². The van der Waals surface area contributed by atoms with E-state index in [1.54, 1.807) is 13.0 Å². The van der Waals surface area contributed by atoms with Gasteiger partial charge in [-0.2, -0.15) is 0 Å². The van der Waals surface area contributed by atoms with Gasteiger partial charge in [0.05, 0.1) is 24.6 Å². The van der Waals surface area contributed by atoms with E-state index in [9.17, 15) is 9.18 Å². The summed E-state index contributed by atoms with van der Waals surface area (Å²) < 4.78 is 23.9. The summed E-state index contributed by atoms with van der Waals surface area (Å²) in [6.45, 7) is 1.86. The first kappa shape index (κ1) is 12.2. The van der Waals surface area contributed by atoms with Crippen molar-refractivity contribution in [3.63, 3.8) is 0 Å². The second kappa shape index (κ2) is 4.56. The van der Waals surface area contributed by atoms with Crippen LogP contribution in [0.1, 0.15) is 17.3 Å². The highest BCUT2D eigenvalue weighted by Gasteiger charge is 2.22. The third kappa shape index (κ3) is 1.75. The van der Waals surface area contributed by atoms with Crippen molar-refractivity contribution in [1.82, 2.24) is 4.98 Å². The number of methoxy groups -OCH3 is 1. The minimum absolute atomic E-state index is 0.00301. The molecule has 1 heterocycles. The monoisotopic (exact) mass is 252 g/mol. The van der Waals surface area contributed by atoms with Gasteiger partial charge in [0.25, 0.3) is 0 Å². The van der Waals surface area contributed by atoms with Crippen molar-refractivity contribution in [2.45, 2.75) is 6.92 Å².